The summed E-state index contributed by atoms with van der Waals surface area (Å²) >= 11 is 1.30. The molecule has 7 nitrogen and oxygen atoms in total. The van der Waals surface area contributed by atoms with Crippen molar-refractivity contribution >= 4 is 29.5 Å². The Kier molecular flexibility index (Phi) is 2.79. The molecule has 3 N–H and O–H groups in total. The molecule has 2 saturated heterocycles. The van der Waals surface area contributed by atoms with Gasteiger partial charge < -0.3 is 15.5 Å². The Labute approximate surface area is 112 Å². The molecule has 3 aliphatic rings. The molecule has 0 aromatic carbocycles. The number of carbonyl (C=O) groups excluding carboxylic acids is 2. The molecule has 2 amide bonds. The number of amides is 2. The summed E-state index contributed by atoms with van der Waals surface area (Å²) in [6.07, 6.45) is 0.815. The van der Waals surface area contributed by atoms with Crippen LogP contribution >= 0.6 is 11.8 Å². The van der Waals surface area contributed by atoms with E-state index in [4.69, 9.17) is 5.11 Å². The van der Waals surface area contributed by atoms with E-state index in [1.807, 2.05) is 0 Å². The summed E-state index contributed by atoms with van der Waals surface area (Å²) in [6, 6.07) is -0.0503. The molecule has 19 heavy (non-hydrogen) atoms. The zero-order valence-corrected chi connectivity index (χ0v) is 10.6. The molecule has 102 valence electrons. The molecule has 3 rings (SSSR count). The largest absolute Gasteiger partial charge is 0.477 e. The first kappa shape index (κ1) is 12.5. The number of nitrogens with zero attached hydrogens (tertiary/aromatic N) is 1. The predicted molar refractivity (Wildman–Crippen MR) is 64.6 cm³/mol. The lowest BCUT2D eigenvalue weighted by atomic mass is 9.97. The van der Waals surface area contributed by atoms with Crippen LogP contribution in [0.2, 0.25) is 0 Å². The van der Waals surface area contributed by atoms with E-state index in [0.717, 1.165) is 0 Å². The maximum atomic E-state index is 11.7. The lowest BCUT2D eigenvalue weighted by Crippen LogP contribution is -2.58. The number of aliphatic carboxylic acids is 1. The maximum absolute atomic E-state index is 11.7. The molecular formula is C11H12N2O5S. The highest BCUT2D eigenvalue weighted by atomic mass is 32.2. The van der Waals surface area contributed by atoms with E-state index in [9.17, 15) is 19.5 Å². The smallest absolute Gasteiger partial charge is 0.353 e. The van der Waals surface area contributed by atoms with E-state index >= 15 is 0 Å². The first-order valence-electron chi connectivity index (χ1n) is 5.89. The molecule has 0 aromatic rings. The quantitative estimate of drug-likeness (QED) is 0.577. The Morgan fingerprint density at radius 1 is 1.47 bits per heavy atom. The number of aliphatic hydroxyl groups is 1. The highest BCUT2D eigenvalue weighted by molar-refractivity contribution is 8.04. The number of rotatable bonds is 4. The predicted octanol–water partition coefficient (Wildman–Crippen LogP) is -0.915. The van der Waals surface area contributed by atoms with E-state index in [0.29, 0.717) is 17.7 Å². The number of nitrogens with one attached hydrogen (secondary N) is 1. The Morgan fingerprint density at radius 3 is 2.68 bits per heavy atom. The lowest BCUT2D eigenvalue weighted by Gasteiger charge is -2.41. The van der Waals surface area contributed by atoms with Crippen molar-refractivity contribution < 1.29 is 24.6 Å². The van der Waals surface area contributed by atoms with Gasteiger partial charge in [0.25, 0.3) is 0 Å². The number of aliphatic hydroxyl groups excluding tert-OH is 1. The maximum Gasteiger partial charge on any atom is 0.353 e. The summed E-state index contributed by atoms with van der Waals surface area (Å²) in [5.74, 6) is -2.05. The molecule has 3 heterocycles. The number of carboxylic acids is 1. The summed E-state index contributed by atoms with van der Waals surface area (Å²) in [4.78, 5) is 35.7. The first-order valence-corrected chi connectivity index (χ1v) is 6.77. The first-order chi connectivity index (χ1) is 9.02. The van der Waals surface area contributed by atoms with Crippen LogP contribution in [0.3, 0.4) is 0 Å². The Bertz CT molecular complexity index is 509. The van der Waals surface area contributed by atoms with Crippen LogP contribution < -0.4 is 5.32 Å². The summed E-state index contributed by atoms with van der Waals surface area (Å²) in [5, 5.41) is 20.7. The minimum Gasteiger partial charge on any atom is -0.477 e. The highest BCUT2D eigenvalue weighted by Crippen LogP contribution is 2.50. The molecule has 0 radical (unpaired) electrons. The van der Waals surface area contributed by atoms with Crippen LogP contribution in [0, 0.1) is 5.92 Å². The summed E-state index contributed by atoms with van der Waals surface area (Å²) in [7, 11) is 0. The van der Waals surface area contributed by atoms with Crippen LogP contribution in [-0.4, -0.2) is 50.9 Å². The summed E-state index contributed by atoms with van der Waals surface area (Å²) in [6.45, 7) is -0.270. The second-order valence-electron chi connectivity index (χ2n) is 4.76. The highest BCUT2D eigenvalue weighted by Gasteiger charge is 2.55. The molecule has 0 saturated carbocycles. The number of hydrogen-bond acceptors (Lipinski definition) is 5. The van der Waals surface area contributed by atoms with Gasteiger partial charge in [-0.05, 0) is 0 Å². The average Bonchev–Trinajstić information content (AvgIpc) is 2.63. The fraction of sp³-hybridized carbons (Fsp3) is 0.545. The number of carbonyl (C=O) groups is 3. The van der Waals surface area contributed by atoms with Crippen molar-refractivity contribution in [1.29, 1.82) is 0 Å². The Morgan fingerprint density at radius 2 is 2.16 bits per heavy atom. The minimum absolute atomic E-state index is 0.00542. The monoisotopic (exact) mass is 284 g/mol. The number of carboxylic acid groups (broad SMARTS) is 1. The van der Waals surface area contributed by atoms with Crippen LogP contribution in [-0.2, 0) is 14.4 Å². The van der Waals surface area contributed by atoms with Gasteiger partial charge in [-0.25, -0.2) is 4.79 Å². The Balaban J connectivity index is 1.80. The van der Waals surface area contributed by atoms with Gasteiger partial charge in [-0.15, -0.1) is 11.8 Å². The average molecular weight is 284 g/mol. The minimum atomic E-state index is -1.14. The van der Waals surface area contributed by atoms with E-state index in [-0.39, 0.29) is 35.5 Å². The van der Waals surface area contributed by atoms with E-state index in [1.54, 1.807) is 0 Å². The lowest BCUT2D eigenvalue weighted by molar-refractivity contribution is -0.153. The van der Waals surface area contributed by atoms with Crippen molar-refractivity contribution in [2.24, 2.45) is 5.92 Å². The van der Waals surface area contributed by atoms with Gasteiger partial charge in [-0.1, -0.05) is 0 Å². The van der Waals surface area contributed by atoms with Gasteiger partial charge in [0, 0.05) is 23.8 Å². The van der Waals surface area contributed by atoms with Crippen molar-refractivity contribution in [2.45, 2.75) is 24.3 Å². The third-order valence-electron chi connectivity index (χ3n) is 3.55. The zero-order valence-electron chi connectivity index (χ0n) is 9.83. The van der Waals surface area contributed by atoms with Gasteiger partial charge in [0.1, 0.15) is 11.1 Å². The molecule has 8 heteroatoms. The SMILES string of the molecule is O=C1C[C@H](CC2=C(C(=O)O)N3C(=O)[C@H](CO)[C@H]3S2)N1. The van der Waals surface area contributed by atoms with E-state index in [2.05, 4.69) is 5.32 Å². The van der Waals surface area contributed by atoms with Gasteiger partial charge in [0.2, 0.25) is 11.8 Å². The second kappa shape index (κ2) is 4.24. The van der Waals surface area contributed by atoms with E-state index in [1.165, 1.54) is 16.7 Å². The van der Waals surface area contributed by atoms with Crippen LogP contribution in [0.25, 0.3) is 0 Å². The fourth-order valence-corrected chi connectivity index (χ4v) is 4.11. The normalized spacial score (nSPS) is 32.7. The zero-order chi connectivity index (χ0) is 13.7. The fourth-order valence-electron chi connectivity index (χ4n) is 2.54. The molecule has 0 aromatic heterocycles. The third-order valence-corrected chi connectivity index (χ3v) is 4.97. The molecule has 2 fully saturated rings. The van der Waals surface area contributed by atoms with Crippen molar-refractivity contribution in [3.05, 3.63) is 10.6 Å². The van der Waals surface area contributed by atoms with Gasteiger partial charge in [-0.3, -0.25) is 14.5 Å². The van der Waals surface area contributed by atoms with Gasteiger partial charge >= 0.3 is 5.97 Å². The molecule has 0 unspecified atom stereocenters. The van der Waals surface area contributed by atoms with Gasteiger partial charge in [-0.2, -0.15) is 0 Å². The van der Waals surface area contributed by atoms with Crippen LogP contribution in [0.15, 0.2) is 10.6 Å². The summed E-state index contributed by atoms with van der Waals surface area (Å²) < 4.78 is 0. The molecule has 3 aliphatic heterocycles. The second-order valence-corrected chi connectivity index (χ2v) is 5.97. The molecule has 3 atom stereocenters. The van der Waals surface area contributed by atoms with E-state index < -0.39 is 11.9 Å². The van der Waals surface area contributed by atoms with Crippen molar-refractivity contribution in [1.82, 2.24) is 10.2 Å². The standard InChI is InChI=1S/C11H12N2O5S/c14-3-5-9(16)13-8(11(17)18)6(19-10(5)13)1-4-2-7(15)12-4/h4-5,10,14H,1-3H2,(H,12,15)(H,17,18)/t4-,5-,10+/m0/s1. The molecule has 0 bridgehead atoms. The number of β-lactam (4-membered cyclic amide) rings is 2. The topological polar surface area (TPSA) is 107 Å². The number of thioether (sulfide) groups is 1. The van der Waals surface area contributed by atoms with Crippen LogP contribution in [0.1, 0.15) is 12.8 Å². The van der Waals surface area contributed by atoms with Crippen molar-refractivity contribution in [3.8, 4) is 0 Å². The van der Waals surface area contributed by atoms with Crippen molar-refractivity contribution in [2.75, 3.05) is 6.61 Å². The summed E-state index contributed by atoms with van der Waals surface area (Å²) in [5.41, 5.74) is 0.00542. The van der Waals surface area contributed by atoms with Crippen molar-refractivity contribution in [3.63, 3.8) is 0 Å². The molecule has 0 aliphatic carbocycles. The van der Waals surface area contributed by atoms with Gasteiger partial charge in [0.15, 0.2) is 0 Å². The Hall–Kier alpha value is -1.54. The molecular weight excluding hydrogens is 272 g/mol. The van der Waals surface area contributed by atoms with Gasteiger partial charge in [0.05, 0.1) is 12.5 Å². The number of hydrogen-bond donors (Lipinski definition) is 3. The van der Waals surface area contributed by atoms with Crippen LogP contribution in [0.5, 0.6) is 0 Å². The third kappa shape index (κ3) is 1.74. The molecule has 0 spiro atoms. The number of fused-ring (bicyclic) bond motifs is 1. The van der Waals surface area contributed by atoms with Crippen LogP contribution in [0.4, 0.5) is 0 Å².